The van der Waals surface area contributed by atoms with E-state index in [1.807, 2.05) is 31.2 Å². The zero-order chi connectivity index (χ0) is 20.9. The summed E-state index contributed by atoms with van der Waals surface area (Å²) < 4.78 is 5.36. The molecule has 1 aromatic heterocycles. The Balaban J connectivity index is 1.41. The van der Waals surface area contributed by atoms with Crippen LogP contribution in [0.4, 0.5) is 5.69 Å². The molecule has 0 radical (unpaired) electrons. The van der Waals surface area contributed by atoms with Crippen molar-refractivity contribution >= 4 is 17.5 Å². The zero-order valence-corrected chi connectivity index (χ0v) is 17.3. The number of fused-ring (bicyclic) bond motifs is 1. The number of hydrogen-bond acceptors (Lipinski definition) is 5. The Hall–Kier alpha value is -2.77. The summed E-state index contributed by atoms with van der Waals surface area (Å²) >= 11 is 0. The monoisotopic (exact) mass is 408 g/mol. The van der Waals surface area contributed by atoms with Gasteiger partial charge in [-0.3, -0.25) is 24.4 Å². The zero-order valence-electron chi connectivity index (χ0n) is 17.3. The smallest absolute Gasteiger partial charge is 0.260 e. The molecule has 2 aromatic rings. The molecule has 2 amide bonds. The lowest BCUT2D eigenvalue weighted by molar-refractivity contribution is -0.121. The van der Waals surface area contributed by atoms with Gasteiger partial charge in [0.1, 0.15) is 0 Å². The van der Waals surface area contributed by atoms with Crippen molar-refractivity contribution in [1.82, 2.24) is 15.2 Å². The summed E-state index contributed by atoms with van der Waals surface area (Å²) in [7, 11) is 0. The lowest BCUT2D eigenvalue weighted by Gasteiger charge is -2.26. The third-order valence-electron chi connectivity index (χ3n) is 5.65. The summed E-state index contributed by atoms with van der Waals surface area (Å²) in [6.45, 7) is 7.03. The van der Waals surface area contributed by atoms with Gasteiger partial charge in [0.05, 0.1) is 36.9 Å². The normalized spacial score (nSPS) is 19.0. The summed E-state index contributed by atoms with van der Waals surface area (Å²) in [6, 6.07) is 11.0. The first-order valence-electron chi connectivity index (χ1n) is 10.6. The van der Waals surface area contributed by atoms with Crippen LogP contribution < -0.4 is 10.2 Å². The number of amides is 2. The van der Waals surface area contributed by atoms with Crippen LogP contribution in [-0.2, 0) is 9.53 Å². The summed E-state index contributed by atoms with van der Waals surface area (Å²) in [5.41, 5.74) is 3.11. The van der Waals surface area contributed by atoms with E-state index in [0.717, 1.165) is 50.5 Å². The van der Waals surface area contributed by atoms with Gasteiger partial charge < -0.3 is 10.1 Å². The molecule has 1 fully saturated rings. The molecule has 1 saturated heterocycles. The van der Waals surface area contributed by atoms with Crippen LogP contribution in [-0.4, -0.2) is 61.1 Å². The topological polar surface area (TPSA) is 74.8 Å². The molecule has 158 valence electrons. The van der Waals surface area contributed by atoms with Crippen molar-refractivity contribution in [2.75, 3.05) is 44.3 Å². The van der Waals surface area contributed by atoms with Gasteiger partial charge in [-0.1, -0.05) is 12.1 Å². The van der Waals surface area contributed by atoms with Gasteiger partial charge in [-0.15, -0.1) is 0 Å². The average molecular weight is 409 g/mol. The predicted octanol–water partition coefficient (Wildman–Crippen LogP) is 2.32. The summed E-state index contributed by atoms with van der Waals surface area (Å²) in [4.78, 5) is 34.3. The van der Waals surface area contributed by atoms with Crippen LogP contribution in [0.2, 0.25) is 0 Å². The van der Waals surface area contributed by atoms with E-state index in [-0.39, 0.29) is 18.2 Å². The summed E-state index contributed by atoms with van der Waals surface area (Å²) in [6.07, 6.45) is 2.77. The van der Waals surface area contributed by atoms with Crippen molar-refractivity contribution in [3.63, 3.8) is 0 Å². The molecule has 7 heteroatoms. The third kappa shape index (κ3) is 4.52. The van der Waals surface area contributed by atoms with E-state index in [1.165, 1.54) is 0 Å². The highest BCUT2D eigenvalue weighted by Crippen LogP contribution is 2.38. The van der Waals surface area contributed by atoms with Crippen molar-refractivity contribution in [1.29, 1.82) is 0 Å². The van der Waals surface area contributed by atoms with Crippen molar-refractivity contribution < 1.29 is 14.3 Å². The fourth-order valence-corrected chi connectivity index (χ4v) is 4.12. The number of ether oxygens (including phenoxy) is 1. The second kappa shape index (κ2) is 9.36. The lowest BCUT2D eigenvalue weighted by Crippen LogP contribution is -2.38. The maximum absolute atomic E-state index is 13.1. The van der Waals surface area contributed by atoms with Crippen molar-refractivity contribution in [2.45, 2.75) is 25.8 Å². The van der Waals surface area contributed by atoms with Crippen molar-refractivity contribution in [2.24, 2.45) is 0 Å². The minimum atomic E-state index is -0.394. The highest BCUT2D eigenvalue weighted by molar-refractivity contribution is 6.11. The number of pyridine rings is 1. The van der Waals surface area contributed by atoms with Gasteiger partial charge in [0.15, 0.2) is 0 Å². The molecule has 2 aliphatic rings. The molecule has 1 atom stereocenters. The Morgan fingerprint density at radius 1 is 1.23 bits per heavy atom. The Morgan fingerprint density at radius 3 is 2.87 bits per heavy atom. The molecular weight excluding hydrogens is 380 g/mol. The van der Waals surface area contributed by atoms with Gasteiger partial charge in [-0.05, 0) is 49.7 Å². The predicted molar refractivity (Wildman–Crippen MR) is 114 cm³/mol. The van der Waals surface area contributed by atoms with Gasteiger partial charge >= 0.3 is 0 Å². The van der Waals surface area contributed by atoms with Gasteiger partial charge in [0, 0.05) is 31.5 Å². The number of aryl methyl sites for hydroxylation is 1. The molecule has 4 rings (SSSR count). The number of nitrogens with zero attached hydrogens (tertiary/aromatic N) is 3. The molecule has 2 aliphatic heterocycles. The number of morpholine rings is 1. The molecular formula is C23H28N4O3. The number of carbonyl (C=O) groups excluding carboxylic acids is 2. The van der Waals surface area contributed by atoms with E-state index >= 15 is 0 Å². The SMILES string of the molecule is Cc1cccc(N2C(=O)c3cccnc3[C@H]2CC(=O)NCCCN2CCOCC2)c1. The molecule has 3 heterocycles. The van der Waals surface area contributed by atoms with E-state index < -0.39 is 6.04 Å². The second-order valence-electron chi connectivity index (χ2n) is 7.83. The second-order valence-corrected chi connectivity index (χ2v) is 7.83. The number of hydrogen-bond donors (Lipinski definition) is 1. The van der Waals surface area contributed by atoms with E-state index in [2.05, 4.69) is 15.2 Å². The largest absolute Gasteiger partial charge is 0.379 e. The minimum Gasteiger partial charge on any atom is -0.379 e. The number of benzene rings is 1. The number of anilines is 1. The highest BCUT2D eigenvalue weighted by Gasteiger charge is 2.39. The van der Waals surface area contributed by atoms with Crippen molar-refractivity contribution in [3.8, 4) is 0 Å². The maximum Gasteiger partial charge on any atom is 0.260 e. The Labute approximate surface area is 177 Å². The number of rotatable bonds is 7. The van der Waals surface area contributed by atoms with Gasteiger partial charge in [0.2, 0.25) is 5.91 Å². The molecule has 1 N–H and O–H groups in total. The minimum absolute atomic E-state index is 0.0640. The molecule has 0 spiro atoms. The standard InChI is InChI=1S/C23H28N4O3/c1-17-5-2-6-18(15-17)27-20(22-19(23(27)29)7-3-8-25-22)16-21(28)24-9-4-10-26-11-13-30-14-12-26/h2-3,5-8,15,20H,4,9-14,16H2,1H3,(H,24,28)/t20-/m1/s1. The Kier molecular flexibility index (Phi) is 6.40. The molecule has 0 aliphatic carbocycles. The van der Waals surface area contributed by atoms with Crippen LogP contribution in [0.3, 0.4) is 0 Å². The summed E-state index contributed by atoms with van der Waals surface area (Å²) in [5, 5.41) is 3.02. The first-order chi connectivity index (χ1) is 14.6. The molecule has 0 unspecified atom stereocenters. The molecule has 0 saturated carbocycles. The molecule has 30 heavy (non-hydrogen) atoms. The van der Waals surface area contributed by atoms with Crippen LogP contribution in [0, 0.1) is 6.92 Å². The average Bonchev–Trinajstić information content (AvgIpc) is 3.04. The van der Waals surface area contributed by atoms with Crippen LogP contribution in [0.1, 0.15) is 40.5 Å². The highest BCUT2D eigenvalue weighted by atomic mass is 16.5. The number of nitrogens with one attached hydrogen (secondary N) is 1. The van der Waals surface area contributed by atoms with Crippen LogP contribution >= 0.6 is 0 Å². The summed E-state index contributed by atoms with van der Waals surface area (Å²) in [5.74, 6) is -0.167. The molecule has 7 nitrogen and oxygen atoms in total. The molecule has 0 bridgehead atoms. The quantitative estimate of drug-likeness (QED) is 0.712. The number of carbonyl (C=O) groups is 2. The Bertz CT molecular complexity index is 911. The fourth-order valence-electron chi connectivity index (χ4n) is 4.12. The van der Waals surface area contributed by atoms with Crippen LogP contribution in [0.25, 0.3) is 0 Å². The van der Waals surface area contributed by atoms with Crippen molar-refractivity contribution in [3.05, 3.63) is 59.4 Å². The van der Waals surface area contributed by atoms with Gasteiger partial charge in [0.25, 0.3) is 5.91 Å². The van der Waals surface area contributed by atoms with E-state index in [4.69, 9.17) is 4.74 Å². The van der Waals surface area contributed by atoms with E-state index in [0.29, 0.717) is 17.8 Å². The van der Waals surface area contributed by atoms with Gasteiger partial charge in [-0.2, -0.15) is 0 Å². The lowest BCUT2D eigenvalue weighted by atomic mass is 10.1. The first-order valence-corrected chi connectivity index (χ1v) is 10.6. The van der Waals surface area contributed by atoms with Crippen LogP contribution in [0.5, 0.6) is 0 Å². The van der Waals surface area contributed by atoms with E-state index in [9.17, 15) is 9.59 Å². The fraction of sp³-hybridized carbons (Fsp3) is 0.435. The van der Waals surface area contributed by atoms with E-state index in [1.54, 1.807) is 23.2 Å². The Morgan fingerprint density at radius 2 is 2.07 bits per heavy atom. The third-order valence-corrected chi connectivity index (χ3v) is 5.65. The number of aromatic nitrogens is 1. The van der Waals surface area contributed by atoms with Gasteiger partial charge in [-0.25, -0.2) is 0 Å². The first kappa shape index (κ1) is 20.5. The molecule has 1 aromatic carbocycles. The maximum atomic E-state index is 13.1. The van der Waals surface area contributed by atoms with Crippen LogP contribution in [0.15, 0.2) is 42.6 Å².